The number of ether oxygens (including phenoxy) is 1. The summed E-state index contributed by atoms with van der Waals surface area (Å²) in [6.07, 6.45) is 2.38. The minimum Gasteiger partial charge on any atom is -0.467 e. The Morgan fingerprint density at radius 1 is 1.69 bits per heavy atom. The average Bonchev–Trinajstić information content (AvgIpc) is 2.62. The second-order valence-electron chi connectivity index (χ2n) is 2.66. The van der Waals surface area contributed by atoms with Gasteiger partial charge in [0, 0.05) is 6.20 Å². The van der Waals surface area contributed by atoms with Crippen molar-refractivity contribution >= 4 is 12.3 Å². The number of nitrogens with zero attached hydrogens (tertiary/aromatic N) is 1. The molecule has 1 heterocycles. The maximum atomic E-state index is 11.1. The Labute approximate surface area is 76.1 Å². The number of hydrogen-bond donors (Lipinski definition) is 0. The summed E-state index contributed by atoms with van der Waals surface area (Å²) < 4.78 is 6.13. The van der Waals surface area contributed by atoms with Gasteiger partial charge in [0.2, 0.25) is 0 Å². The monoisotopic (exact) mass is 181 g/mol. The lowest BCUT2D eigenvalue weighted by molar-refractivity contribution is -0.144. The van der Waals surface area contributed by atoms with Gasteiger partial charge in [0.05, 0.1) is 12.8 Å². The highest BCUT2D eigenvalue weighted by Gasteiger charge is 2.16. The van der Waals surface area contributed by atoms with Gasteiger partial charge in [-0.15, -0.1) is 0 Å². The first-order valence-corrected chi connectivity index (χ1v) is 3.90. The largest absolute Gasteiger partial charge is 0.467 e. The van der Waals surface area contributed by atoms with Crippen molar-refractivity contribution in [1.29, 1.82) is 0 Å². The van der Waals surface area contributed by atoms with Gasteiger partial charge in [-0.2, -0.15) is 0 Å². The Balaban J connectivity index is 2.93. The molecule has 0 saturated carbocycles. The molecule has 0 aromatic carbocycles. The fourth-order valence-electron chi connectivity index (χ4n) is 1.14. The van der Waals surface area contributed by atoms with Crippen LogP contribution in [0.3, 0.4) is 0 Å². The van der Waals surface area contributed by atoms with Crippen molar-refractivity contribution < 1.29 is 14.3 Å². The van der Waals surface area contributed by atoms with Crippen LogP contribution in [0.15, 0.2) is 18.3 Å². The lowest BCUT2D eigenvalue weighted by Gasteiger charge is -2.12. The number of aromatic nitrogens is 1. The third kappa shape index (κ3) is 1.77. The summed E-state index contributed by atoms with van der Waals surface area (Å²) in [5, 5.41) is 0. The molecule has 0 N–H and O–H groups in total. The molecule has 0 radical (unpaired) electrons. The maximum absolute atomic E-state index is 11.1. The smallest absolute Gasteiger partial charge is 0.328 e. The molecule has 70 valence electrons. The van der Waals surface area contributed by atoms with Crippen LogP contribution in [0, 0.1) is 0 Å². The van der Waals surface area contributed by atoms with Crippen LogP contribution in [-0.2, 0) is 9.53 Å². The molecule has 0 unspecified atom stereocenters. The average molecular weight is 181 g/mol. The van der Waals surface area contributed by atoms with E-state index in [1.54, 1.807) is 29.8 Å². The van der Waals surface area contributed by atoms with Crippen molar-refractivity contribution in [3.63, 3.8) is 0 Å². The first kappa shape index (κ1) is 9.51. The number of hydrogen-bond acceptors (Lipinski definition) is 3. The van der Waals surface area contributed by atoms with Crippen LogP contribution in [0.2, 0.25) is 0 Å². The van der Waals surface area contributed by atoms with E-state index in [-0.39, 0.29) is 5.97 Å². The van der Waals surface area contributed by atoms with E-state index in [0.29, 0.717) is 12.0 Å². The third-order valence-corrected chi connectivity index (χ3v) is 1.89. The van der Waals surface area contributed by atoms with Crippen molar-refractivity contribution in [2.75, 3.05) is 7.11 Å². The lowest BCUT2D eigenvalue weighted by atomic mass is 10.3. The quantitative estimate of drug-likeness (QED) is 0.517. The molecule has 0 fully saturated rings. The van der Waals surface area contributed by atoms with Crippen LogP contribution >= 0.6 is 0 Å². The van der Waals surface area contributed by atoms with E-state index in [1.165, 1.54) is 7.11 Å². The van der Waals surface area contributed by atoms with Crippen LogP contribution in [0.4, 0.5) is 0 Å². The molecule has 0 spiro atoms. The van der Waals surface area contributed by atoms with Crippen molar-refractivity contribution in [3.8, 4) is 0 Å². The number of methoxy groups -OCH3 is 1. The van der Waals surface area contributed by atoms with E-state index in [2.05, 4.69) is 4.74 Å². The van der Waals surface area contributed by atoms with Gasteiger partial charge in [-0.3, -0.25) is 4.79 Å². The molecule has 0 aliphatic rings. The Kier molecular flexibility index (Phi) is 2.84. The normalized spacial score (nSPS) is 12.2. The topological polar surface area (TPSA) is 48.3 Å². The predicted molar refractivity (Wildman–Crippen MR) is 46.5 cm³/mol. The van der Waals surface area contributed by atoms with E-state index in [0.717, 1.165) is 0 Å². The molecular formula is C9H11NO3. The molecule has 0 bridgehead atoms. The second-order valence-corrected chi connectivity index (χ2v) is 2.66. The van der Waals surface area contributed by atoms with E-state index in [9.17, 15) is 9.59 Å². The van der Waals surface area contributed by atoms with Gasteiger partial charge >= 0.3 is 5.97 Å². The molecule has 0 aliphatic carbocycles. The third-order valence-electron chi connectivity index (χ3n) is 1.89. The Morgan fingerprint density at radius 3 is 2.92 bits per heavy atom. The van der Waals surface area contributed by atoms with Gasteiger partial charge in [0.1, 0.15) is 6.04 Å². The number of rotatable bonds is 3. The van der Waals surface area contributed by atoms with Crippen LogP contribution in [0.5, 0.6) is 0 Å². The van der Waals surface area contributed by atoms with E-state index in [1.807, 2.05) is 0 Å². The fourth-order valence-corrected chi connectivity index (χ4v) is 1.14. The van der Waals surface area contributed by atoms with E-state index >= 15 is 0 Å². The first-order chi connectivity index (χ1) is 6.20. The summed E-state index contributed by atoms with van der Waals surface area (Å²) in [6, 6.07) is 2.90. The minimum absolute atomic E-state index is 0.362. The molecule has 13 heavy (non-hydrogen) atoms. The van der Waals surface area contributed by atoms with Gasteiger partial charge in [0.25, 0.3) is 0 Å². The van der Waals surface area contributed by atoms with E-state index < -0.39 is 6.04 Å². The van der Waals surface area contributed by atoms with Gasteiger partial charge in [-0.1, -0.05) is 0 Å². The highest BCUT2D eigenvalue weighted by molar-refractivity contribution is 5.77. The number of aldehydes is 1. The van der Waals surface area contributed by atoms with Crippen LogP contribution in [0.25, 0.3) is 0 Å². The van der Waals surface area contributed by atoms with Crippen molar-refractivity contribution in [2.45, 2.75) is 13.0 Å². The van der Waals surface area contributed by atoms with Gasteiger partial charge in [-0.05, 0) is 19.1 Å². The van der Waals surface area contributed by atoms with Crippen molar-refractivity contribution in [3.05, 3.63) is 24.0 Å². The highest BCUT2D eigenvalue weighted by atomic mass is 16.5. The zero-order chi connectivity index (χ0) is 9.84. The van der Waals surface area contributed by atoms with Crippen molar-refractivity contribution in [2.24, 2.45) is 0 Å². The Morgan fingerprint density at radius 2 is 2.38 bits per heavy atom. The van der Waals surface area contributed by atoms with E-state index in [4.69, 9.17) is 0 Å². The zero-order valence-electron chi connectivity index (χ0n) is 7.56. The molecule has 1 rings (SSSR count). The second kappa shape index (κ2) is 3.89. The summed E-state index contributed by atoms with van der Waals surface area (Å²) in [4.78, 5) is 21.7. The number of esters is 1. The number of carbonyl (C=O) groups excluding carboxylic acids is 2. The fraction of sp³-hybridized carbons (Fsp3) is 0.333. The zero-order valence-corrected chi connectivity index (χ0v) is 7.56. The predicted octanol–water partition coefficient (Wildman–Crippen LogP) is 1.03. The van der Waals surface area contributed by atoms with Gasteiger partial charge < -0.3 is 9.30 Å². The minimum atomic E-state index is -0.458. The molecule has 1 aromatic rings. The molecular weight excluding hydrogens is 170 g/mol. The summed E-state index contributed by atoms with van der Waals surface area (Å²) >= 11 is 0. The number of carbonyl (C=O) groups is 2. The Hall–Kier alpha value is -1.58. The lowest BCUT2D eigenvalue weighted by Crippen LogP contribution is -2.18. The molecule has 1 aromatic heterocycles. The van der Waals surface area contributed by atoms with Crippen LogP contribution in [-0.4, -0.2) is 23.9 Å². The molecule has 0 aliphatic heterocycles. The first-order valence-electron chi connectivity index (χ1n) is 3.90. The highest BCUT2D eigenvalue weighted by Crippen LogP contribution is 2.11. The van der Waals surface area contributed by atoms with Crippen LogP contribution < -0.4 is 0 Å². The van der Waals surface area contributed by atoms with Crippen LogP contribution in [0.1, 0.15) is 23.5 Å². The van der Waals surface area contributed by atoms with Gasteiger partial charge in [-0.25, -0.2) is 4.79 Å². The molecule has 1 atom stereocenters. The summed E-state index contributed by atoms with van der Waals surface area (Å²) in [7, 11) is 1.32. The SMILES string of the molecule is COC(=O)[C@H](C)n1cccc1C=O. The molecule has 0 saturated heterocycles. The summed E-state index contributed by atoms with van der Waals surface area (Å²) in [6.45, 7) is 1.68. The van der Waals surface area contributed by atoms with Gasteiger partial charge in [0.15, 0.2) is 6.29 Å². The van der Waals surface area contributed by atoms with Crippen molar-refractivity contribution in [1.82, 2.24) is 4.57 Å². The summed E-state index contributed by atoms with van der Waals surface area (Å²) in [5.74, 6) is -0.362. The molecule has 4 nitrogen and oxygen atoms in total. The standard InChI is InChI=1S/C9H11NO3/c1-7(9(12)13-2)10-5-3-4-8(10)6-11/h3-7H,1-2H3/t7-/m0/s1. The summed E-state index contributed by atoms with van der Waals surface area (Å²) in [5.41, 5.74) is 0.470. The maximum Gasteiger partial charge on any atom is 0.328 e. The molecule has 0 amide bonds. The molecule has 4 heteroatoms. The Bertz CT molecular complexity index is 316.